The molecular weight excluding hydrogens is 1330 g/mol. The molecule has 0 bridgehead atoms. The van der Waals surface area contributed by atoms with E-state index in [4.69, 9.17) is 28.5 Å². The lowest BCUT2D eigenvalue weighted by Gasteiger charge is -2.31. The van der Waals surface area contributed by atoms with E-state index in [0.29, 0.717) is 110 Å². The van der Waals surface area contributed by atoms with E-state index in [0.717, 1.165) is 86.9 Å². The van der Waals surface area contributed by atoms with E-state index in [1.807, 2.05) is 13.8 Å². The minimum absolute atomic E-state index is 0.0000993. The van der Waals surface area contributed by atoms with Crippen molar-refractivity contribution in [3.63, 3.8) is 0 Å². The van der Waals surface area contributed by atoms with Crippen molar-refractivity contribution in [2.75, 3.05) is 59.0 Å². The molecule has 4 aliphatic heterocycles. The zero-order valence-electron chi connectivity index (χ0n) is 56.6. The van der Waals surface area contributed by atoms with Crippen LogP contribution in [0.15, 0.2) is 55.0 Å². The maximum atomic E-state index is 14.6. The number of halogens is 7. The topological polar surface area (TPSA) is 265 Å². The number of nitrogens with one attached hydrogen (secondary N) is 2. The number of hydrogen-bond donors (Lipinski definition) is 2. The Morgan fingerprint density at radius 1 is 0.574 bits per heavy atom. The van der Waals surface area contributed by atoms with Gasteiger partial charge in [0.2, 0.25) is 46.6 Å². The minimum Gasteiger partial charge on any atom is -0.466 e. The summed E-state index contributed by atoms with van der Waals surface area (Å²) in [5.41, 5.74) is 5.00. The van der Waals surface area contributed by atoms with Crippen LogP contribution >= 0.6 is 0 Å². The van der Waals surface area contributed by atoms with Gasteiger partial charge >= 0.3 is 17.9 Å². The second-order valence-electron chi connectivity index (χ2n) is 26.8. The molecule has 0 spiro atoms. The van der Waals surface area contributed by atoms with Crippen molar-refractivity contribution in [1.82, 2.24) is 49.8 Å². The summed E-state index contributed by atoms with van der Waals surface area (Å²) >= 11 is 0. The Bertz CT molecular complexity index is 4270. The first kappa shape index (κ1) is 73.4. The van der Waals surface area contributed by atoms with Crippen molar-refractivity contribution < 1.29 is 78.0 Å². The summed E-state index contributed by atoms with van der Waals surface area (Å²) in [4.78, 5) is 107. The first-order valence-corrected chi connectivity index (χ1v) is 35.0. The van der Waals surface area contributed by atoms with Gasteiger partial charge < -0.3 is 43.7 Å². The average Bonchev–Trinajstić information content (AvgIpc) is 1.77. The third kappa shape index (κ3) is 17.9. The van der Waals surface area contributed by atoms with Crippen LogP contribution in [0.2, 0.25) is 0 Å². The van der Waals surface area contributed by atoms with Gasteiger partial charge in [0, 0.05) is 122 Å². The second-order valence-corrected chi connectivity index (χ2v) is 26.8. The summed E-state index contributed by atoms with van der Waals surface area (Å²) in [5.74, 6) is -17.3. The van der Waals surface area contributed by atoms with Crippen LogP contribution in [-0.4, -0.2) is 134 Å². The molecule has 2 fully saturated rings. The standard InChI is InChI=1S/C72H83F7N10O12/c1-41-49(26-35-86-31-22-43(23-32-86)65-51-20-18-47(73)38-54(51)100-84-65)70(94)88-29-7-10-45(68(88)81-41)12-9-37-97-58(92)16-6-15-57(91)83-53(72(96)99-67-63(78)61(76)60(75)62(77)64(67)79)13-3-4-28-80-56(90)14-5-17-59(93)98-40-46-11-8-30-89-69(46)82-42(2)50(71(89)95)27-36-87-33-24-44(25-34-87)66-52-21-19-48(74)39-55(52)101-85-66/h18-21,38-39,43-46,53H,3-17,22-37,40H2,1-2H3,(H,80,90)(H,83,91). The summed E-state index contributed by atoms with van der Waals surface area (Å²) in [5, 5.41) is 15.2. The molecule has 542 valence electrons. The Kier molecular flexibility index (Phi) is 24.5. The predicted octanol–water partition coefficient (Wildman–Crippen LogP) is 10.6. The van der Waals surface area contributed by atoms with Gasteiger partial charge in [-0.05, 0) is 173 Å². The minimum atomic E-state index is -2.47. The molecule has 3 atom stereocenters. The molecule has 22 nitrogen and oxygen atoms in total. The molecule has 4 aliphatic rings. The van der Waals surface area contributed by atoms with Gasteiger partial charge in [-0.15, -0.1) is 0 Å². The highest BCUT2D eigenvalue weighted by Crippen LogP contribution is 2.37. The molecule has 2 amide bonds. The van der Waals surface area contributed by atoms with Gasteiger partial charge in [-0.25, -0.2) is 36.7 Å². The molecule has 3 unspecified atom stereocenters. The number of aryl methyl sites for hydroxylation is 2. The van der Waals surface area contributed by atoms with Crippen molar-refractivity contribution in [1.29, 1.82) is 0 Å². The average molecular weight is 1410 g/mol. The number of fused-ring (bicyclic) bond motifs is 4. The number of ether oxygens (including phenoxy) is 3. The summed E-state index contributed by atoms with van der Waals surface area (Å²) < 4.78 is 129. The highest BCUT2D eigenvalue weighted by molar-refractivity contribution is 5.86. The van der Waals surface area contributed by atoms with Crippen LogP contribution in [0.4, 0.5) is 30.7 Å². The Morgan fingerprint density at radius 2 is 1.07 bits per heavy atom. The number of nitrogens with zero attached hydrogens (tertiary/aromatic N) is 8. The number of piperidine rings is 2. The quantitative estimate of drug-likeness (QED) is 0.0106. The molecule has 101 heavy (non-hydrogen) atoms. The van der Waals surface area contributed by atoms with Crippen molar-refractivity contribution in [3.05, 3.63) is 143 Å². The van der Waals surface area contributed by atoms with Gasteiger partial charge in [0.15, 0.2) is 11.2 Å². The lowest BCUT2D eigenvalue weighted by Crippen LogP contribution is -2.43. The van der Waals surface area contributed by atoms with Crippen molar-refractivity contribution in [3.8, 4) is 5.75 Å². The molecule has 0 aliphatic carbocycles. The molecule has 3 aromatic carbocycles. The molecule has 11 rings (SSSR count). The lowest BCUT2D eigenvalue weighted by atomic mass is 9.91. The number of carbonyl (C=O) groups excluding carboxylic acids is 5. The third-order valence-corrected chi connectivity index (χ3v) is 20.0. The molecule has 8 heterocycles. The van der Waals surface area contributed by atoms with Crippen molar-refractivity contribution >= 4 is 51.7 Å². The van der Waals surface area contributed by atoms with Crippen molar-refractivity contribution in [2.24, 2.45) is 0 Å². The molecule has 7 aromatic rings. The molecule has 0 radical (unpaired) electrons. The van der Waals surface area contributed by atoms with E-state index in [1.54, 1.807) is 21.3 Å². The molecule has 0 saturated carbocycles. The number of carbonyl (C=O) groups is 5. The first-order valence-electron chi connectivity index (χ1n) is 35.0. The number of benzene rings is 3. The largest absolute Gasteiger partial charge is 0.466 e. The fourth-order valence-electron chi connectivity index (χ4n) is 14.4. The number of unbranched alkanes of at least 4 members (excludes halogenated alkanes) is 1. The van der Waals surface area contributed by atoms with Crippen LogP contribution in [0.5, 0.6) is 5.75 Å². The smallest absolute Gasteiger partial charge is 0.334 e. The maximum absolute atomic E-state index is 14.6. The van der Waals surface area contributed by atoms with Crippen molar-refractivity contribution in [2.45, 2.75) is 191 Å². The summed E-state index contributed by atoms with van der Waals surface area (Å²) in [6, 6.07) is 7.23. The zero-order valence-corrected chi connectivity index (χ0v) is 56.6. The number of hydrogen-bond acceptors (Lipinski definition) is 18. The normalized spacial score (nSPS) is 17.2. The van der Waals surface area contributed by atoms with Crippen LogP contribution in [-0.2, 0) is 59.4 Å². The van der Waals surface area contributed by atoms with Crippen LogP contribution in [0, 0.1) is 54.6 Å². The highest BCUT2D eigenvalue weighted by Gasteiger charge is 2.34. The van der Waals surface area contributed by atoms with Gasteiger partial charge in [-0.2, -0.15) is 8.78 Å². The van der Waals surface area contributed by atoms with Gasteiger partial charge in [0.1, 0.15) is 35.9 Å². The summed E-state index contributed by atoms with van der Waals surface area (Å²) in [7, 11) is 0. The molecule has 2 N–H and O–H groups in total. The van der Waals surface area contributed by atoms with Crippen LogP contribution in [0.3, 0.4) is 0 Å². The van der Waals surface area contributed by atoms with E-state index in [2.05, 4.69) is 35.5 Å². The fraction of sp³-hybridized carbons (Fsp3) is 0.542. The van der Waals surface area contributed by atoms with Gasteiger partial charge in [0.05, 0.1) is 23.9 Å². The summed E-state index contributed by atoms with van der Waals surface area (Å²) in [6.45, 7) is 9.36. The summed E-state index contributed by atoms with van der Waals surface area (Å²) in [6.07, 6.45) is 7.75. The monoisotopic (exact) mass is 1410 g/mol. The number of amides is 2. The van der Waals surface area contributed by atoms with Crippen LogP contribution in [0.1, 0.15) is 191 Å². The van der Waals surface area contributed by atoms with Crippen LogP contribution < -0.4 is 26.5 Å². The van der Waals surface area contributed by atoms with E-state index < -0.39 is 70.6 Å². The van der Waals surface area contributed by atoms with E-state index in [-0.39, 0.29) is 124 Å². The number of rotatable bonds is 30. The molecule has 4 aromatic heterocycles. The fourth-order valence-corrected chi connectivity index (χ4v) is 14.4. The first-order chi connectivity index (χ1) is 48.7. The van der Waals surface area contributed by atoms with Gasteiger partial charge in [0.25, 0.3) is 11.1 Å². The number of likely N-dealkylation sites (tertiary alicyclic amines) is 2. The van der Waals surface area contributed by atoms with Gasteiger partial charge in [-0.3, -0.25) is 37.9 Å². The van der Waals surface area contributed by atoms with Crippen LogP contribution in [0.25, 0.3) is 21.9 Å². The predicted molar refractivity (Wildman–Crippen MR) is 352 cm³/mol. The van der Waals surface area contributed by atoms with Gasteiger partial charge in [-0.1, -0.05) is 10.3 Å². The third-order valence-electron chi connectivity index (χ3n) is 20.0. The van der Waals surface area contributed by atoms with E-state index >= 15 is 0 Å². The number of aromatic nitrogens is 6. The maximum Gasteiger partial charge on any atom is 0.334 e. The van der Waals surface area contributed by atoms with E-state index in [9.17, 15) is 64.3 Å². The molecule has 29 heteroatoms. The highest BCUT2D eigenvalue weighted by atomic mass is 19.2. The Morgan fingerprint density at radius 3 is 1.61 bits per heavy atom. The SMILES string of the molecule is Cc1nc2n(c(=O)c1CCN1CCC(c3noc4cc(F)ccc34)CC1)CCCC2CCCOC(=O)CCCC(=O)NC(CCCCNC(=O)CCCC(=O)OCC1CCCn2c1nc(C)c(CCN1CCC(c3noc4cc(F)ccc34)CC1)c2=O)C(=O)Oc1c(F)c(F)c(F)c(F)c1F. The number of esters is 3. The lowest BCUT2D eigenvalue weighted by molar-refractivity contribution is -0.145. The van der Waals surface area contributed by atoms with E-state index in [1.165, 1.54) is 24.3 Å². The second kappa shape index (κ2) is 33.7. The zero-order chi connectivity index (χ0) is 71.4. The molecule has 2 saturated heterocycles. The Labute approximate surface area is 577 Å². The Hall–Kier alpha value is -8.86. The Balaban J connectivity index is 0.574. The molecular formula is C72H83F7N10O12.